The van der Waals surface area contributed by atoms with Gasteiger partial charge in [-0.1, -0.05) is 36.4 Å². The lowest BCUT2D eigenvalue weighted by molar-refractivity contribution is -0.164. The summed E-state index contributed by atoms with van der Waals surface area (Å²) in [5, 5.41) is 10.5. The SMILES string of the molecule is COC(=O)[C@@H]1C2[C@H](O)CC(C[C@H]1OC(c1ccccc1F)c1ccccc1F)N2C. The van der Waals surface area contributed by atoms with E-state index in [1.165, 1.54) is 19.2 Å². The molecule has 2 aliphatic rings. The fraction of sp³-hybridized carbons (Fsp3) is 0.435. The number of nitrogens with zero attached hydrogens (tertiary/aromatic N) is 1. The van der Waals surface area contributed by atoms with Gasteiger partial charge in [-0.3, -0.25) is 9.69 Å². The number of fused-ring (bicyclic) bond motifs is 2. The Morgan fingerprint density at radius 1 is 1.07 bits per heavy atom. The van der Waals surface area contributed by atoms with E-state index in [0.717, 1.165) is 0 Å². The molecule has 5 atom stereocenters. The van der Waals surface area contributed by atoms with Crippen LogP contribution in [0.3, 0.4) is 0 Å². The first-order valence-corrected chi connectivity index (χ1v) is 10.0. The lowest BCUT2D eigenvalue weighted by Gasteiger charge is -2.42. The highest BCUT2D eigenvalue weighted by atomic mass is 19.1. The van der Waals surface area contributed by atoms with Gasteiger partial charge in [-0.2, -0.15) is 0 Å². The summed E-state index contributed by atoms with van der Waals surface area (Å²) < 4.78 is 40.7. The average Bonchev–Trinajstić information content (AvgIpc) is 2.91. The molecule has 4 rings (SSSR count). The predicted molar refractivity (Wildman–Crippen MR) is 106 cm³/mol. The number of ether oxygens (including phenoxy) is 2. The normalized spacial score (nSPS) is 28.7. The van der Waals surface area contributed by atoms with Gasteiger partial charge < -0.3 is 14.6 Å². The van der Waals surface area contributed by atoms with E-state index in [2.05, 4.69) is 0 Å². The highest BCUT2D eigenvalue weighted by molar-refractivity contribution is 5.74. The molecule has 0 aliphatic carbocycles. The van der Waals surface area contributed by atoms with Crippen molar-refractivity contribution in [2.75, 3.05) is 14.2 Å². The van der Waals surface area contributed by atoms with Crippen LogP contribution in [0.1, 0.15) is 30.1 Å². The van der Waals surface area contributed by atoms with Crippen LogP contribution < -0.4 is 0 Å². The maximum Gasteiger partial charge on any atom is 0.313 e. The summed E-state index contributed by atoms with van der Waals surface area (Å²) in [4.78, 5) is 14.6. The Morgan fingerprint density at radius 3 is 2.17 bits per heavy atom. The standard InChI is InChI=1S/C23H25F2NO4/c1-26-13-11-18(27)21(26)20(23(28)29-2)19(12-13)30-22(14-7-3-5-9-16(14)24)15-8-4-6-10-17(15)25/h3-10,13,18-22,27H,11-12H2,1-2H3/t13?,18-,19-,20+,21?/m1/s1. The molecule has 30 heavy (non-hydrogen) atoms. The summed E-state index contributed by atoms with van der Waals surface area (Å²) in [6, 6.07) is 11.7. The molecule has 0 aromatic heterocycles. The fourth-order valence-corrected chi connectivity index (χ4v) is 4.92. The number of benzene rings is 2. The molecular weight excluding hydrogens is 392 g/mol. The molecule has 2 aromatic carbocycles. The van der Waals surface area contributed by atoms with Crippen LogP contribution in [0.2, 0.25) is 0 Å². The van der Waals surface area contributed by atoms with Crippen LogP contribution in [-0.2, 0) is 14.3 Å². The topological polar surface area (TPSA) is 59.0 Å². The fourth-order valence-electron chi connectivity index (χ4n) is 4.92. The van der Waals surface area contributed by atoms with E-state index >= 15 is 0 Å². The average molecular weight is 417 g/mol. The third-order valence-electron chi connectivity index (χ3n) is 6.39. The largest absolute Gasteiger partial charge is 0.469 e. The first-order chi connectivity index (χ1) is 14.4. The number of piperidine rings is 1. The predicted octanol–water partition coefficient (Wildman–Crippen LogP) is 3.07. The number of likely N-dealkylation sites (N-methyl/N-ethyl adjacent to an activating group) is 1. The van der Waals surface area contributed by atoms with Gasteiger partial charge in [0.15, 0.2) is 0 Å². The Kier molecular flexibility index (Phi) is 5.86. The number of carbonyl (C=O) groups is 1. The number of aliphatic hydroxyl groups is 1. The van der Waals surface area contributed by atoms with Gasteiger partial charge in [0.1, 0.15) is 23.7 Å². The Bertz CT molecular complexity index is 878. The zero-order valence-corrected chi connectivity index (χ0v) is 16.9. The highest BCUT2D eigenvalue weighted by Gasteiger charge is 2.54. The van der Waals surface area contributed by atoms with Crippen molar-refractivity contribution >= 4 is 5.97 Å². The number of methoxy groups -OCH3 is 1. The van der Waals surface area contributed by atoms with Crippen LogP contribution in [-0.4, -0.2) is 54.4 Å². The van der Waals surface area contributed by atoms with Crippen LogP contribution in [0.4, 0.5) is 8.78 Å². The number of carbonyl (C=O) groups excluding carboxylic acids is 1. The summed E-state index contributed by atoms with van der Waals surface area (Å²) in [5.74, 6) is -2.31. The molecule has 5 nitrogen and oxygen atoms in total. The zero-order chi connectivity index (χ0) is 21.4. The van der Waals surface area contributed by atoms with Crippen LogP contribution >= 0.6 is 0 Å². The summed E-state index contributed by atoms with van der Waals surface area (Å²) >= 11 is 0. The number of hydrogen-bond donors (Lipinski definition) is 1. The van der Waals surface area contributed by atoms with Crippen molar-refractivity contribution in [1.82, 2.24) is 4.90 Å². The number of rotatable bonds is 5. The van der Waals surface area contributed by atoms with Gasteiger partial charge in [0.25, 0.3) is 0 Å². The summed E-state index contributed by atoms with van der Waals surface area (Å²) in [6.45, 7) is 0. The first-order valence-electron chi connectivity index (χ1n) is 10.0. The molecule has 0 radical (unpaired) electrons. The van der Waals surface area contributed by atoms with E-state index in [9.17, 15) is 18.7 Å². The minimum absolute atomic E-state index is 0.0118. The molecule has 2 fully saturated rings. The van der Waals surface area contributed by atoms with Gasteiger partial charge in [-0.15, -0.1) is 0 Å². The molecule has 0 saturated carbocycles. The lowest BCUT2D eigenvalue weighted by atomic mass is 9.86. The van der Waals surface area contributed by atoms with Gasteiger partial charge >= 0.3 is 5.97 Å². The van der Waals surface area contributed by atoms with Crippen molar-refractivity contribution in [1.29, 1.82) is 0 Å². The molecule has 2 unspecified atom stereocenters. The molecule has 2 heterocycles. The smallest absolute Gasteiger partial charge is 0.313 e. The Labute approximate surface area is 174 Å². The first kappa shape index (κ1) is 20.9. The highest BCUT2D eigenvalue weighted by Crippen LogP contribution is 2.43. The van der Waals surface area contributed by atoms with Gasteiger partial charge in [0, 0.05) is 17.2 Å². The number of aliphatic hydroxyl groups excluding tert-OH is 1. The molecular formula is C23H25F2NO4. The van der Waals surface area contributed by atoms with Crippen LogP contribution in [0.25, 0.3) is 0 Å². The third kappa shape index (κ3) is 3.62. The van der Waals surface area contributed by atoms with E-state index in [1.54, 1.807) is 36.4 Å². The second-order valence-corrected chi connectivity index (χ2v) is 8.00. The molecule has 160 valence electrons. The summed E-state index contributed by atoms with van der Waals surface area (Å²) in [5.41, 5.74) is 0.385. The second-order valence-electron chi connectivity index (χ2n) is 8.00. The van der Waals surface area contributed by atoms with Gasteiger partial charge in [-0.05, 0) is 32.0 Å². The Balaban J connectivity index is 1.74. The molecule has 0 spiro atoms. The second kappa shape index (κ2) is 8.41. The molecule has 1 N–H and O–H groups in total. The van der Waals surface area contributed by atoms with Crippen LogP contribution in [0.5, 0.6) is 0 Å². The van der Waals surface area contributed by atoms with E-state index in [-0.39, 0.29) is 17.2 Å². The van der Waals surface area contributed by atoms with Crippen LogP contribution in [0, 0.1) is 17.6 Å². The lowest BCUT2D eigenvalue weighted by Crippen LogP contribution is -2.55. The summed E-state index contributed by atoms with van der Waals surface area (Å²) in [6.07, 6.45) is -1.44. The molecule has 7 heteroatoms. The number of hydrogen-bond acceptors (Lipinski definition) is 5. The zero-order valence-electron chi connectivity index (χ0n) is 16.9. The Hall–Kier alpha value is -2.35. The minimum Gasteiger partial charge on any atom is -0.469 e. The van der Waals surface area contributed by atoms with Crippen molar-refractivity contribution in [3.8, 4) is 0 Å². The summed E-state index contributed by atoms with van der Waals surface area (Å²) in [7, 11) is 3.15. The maximum atomic E-state index is 14.7. The number of halogens is 2. The van der Waals surface area contributed by atoms with Crippen molar-refractivity contribution < 1.29 is 28.2 Å². The molecule has 2 aliphatic heterocycles. The van der Waals surface area contributed by atoms with Crippen molar-refractivity contribution in [2.45, 2.75) is 43.2 Å². The Morgan fingerprint density at radius 2 is 1.63 bits per heavy atom. The van der Waals surface area contributed by atoms with Crippen molar-refractivity contribution in [2.24, 2.45) is 5.92 Å². The van der Waals surface area contributed by atoms with E-state index in [0.29, 0.717) is 12.8 Å². The van der Waals surface area contributed by atoms with Gasteiger partial charge in [0.05, 0.1) is 25.4 Å². The van der Waals surface area contributed by atoms with Crippen LogP contribution in [0.15, 0.2) is 48.5 Å². The molecule has 2 aromatic rings. The quantitative estimate of drug-likeness (QED) is 0.758. The minimum atomic E-state index is -1.04. The molecule has 2 saturated heterocycles. The monoisotopic (exact) mass is 417 g/mol. The van der Waals surface area contributed by atoms with Gasteiger partial charge in [-0.25, -0.2) is 8.78 Å². The van der Waals surface area contributed by atoms with E-state index in [1.807, 2.05) is 11.9 Å². The van der Waals surface area contributed by atoms with Crippen molar-refractivity contribution in [3.05, 3.63) is 71.3 Å². The van der Waals surface area contributed by atoms with Gasteiger partial charge in [0.2, 0.25) is 0 Å². The van der Waals surface area contributed by atoms with Crippen molar-refractivity contribution in [3.63, 3.8) is 0 Å². The third-order valence-corrected chi connectivity index (χ3v) is 6.39. The molecule has 0 amide bonds. The number of esters is 1. The maximum absolute atomic E-state index is 14.7. The van der Waals surface area contributed by atoms with E-state index in [4.69, 9.17) is 9.47 Å². The van der Waals surface area contributed by atoms with E-state index < -0.39 is 47.9 Å². The molecule has 2 bridgehead atoms.